The van der Waals surface area contributed by atoms with Crippen molar-refractivity contribution in [2.75, 3.05) is 11.1 Å². The monoisotopic (exact) mass is 270 g/mol. The summed E-state index contributed by atoms with van der Waals surface area (Å²) in [7, 11) is 0. The van der Waals surface area contributed by atoms with Crippen LogP contribution < -0.4 is 11.1 Å². The Bertz CT molecular complexity index is 621. The predicted octanol–water partition coefficient (Wildman–Crippen LogP) is 3.45. The number of benzene rings is 2. The van der Waals surface area contributed by atoms with Gasteiger partial charge in [0.1, 0.15) is 0 Å². The highest BCUT2D eigenvalue weighted by atomic mass is 16.4. The zero-order valence-electron chi connectivity index (χ0n) is 11.6. The first kappa shape index (κ1) is 13.9. The van der Waals surface area contributed by atoms with Crippen LogP contribution >= 0.6 is 0 Å². The van der Waals surface area contributed by atoms with Crippen LogP contribution in [-0.4, -0.2) is 11.1 Å². The van der Waals surface area contributed by atoms with E-state index in [0.29, 0.717) is 5.69 Å². The average molecular weight is 270 g/mol. The second kappa shape index (κ2) is 5.65. The van der Waals surface area contributed by atoms with Crippen molar-refractivity contribution in [2.24, 2.45) is 0 Å². The Kier molecular flexibility index (Phi) is 3.94. The highest BCUT2D eigenvalue weighted by Crippen LogP contribution is 2.25. The highest BCUT2D eigenvalue weighted by molar-refractivity contribution is 5.90. The molecule has 0 radical (unpaired) electrons. The van der Waals surface area contributed by atoms with Crippen molar-refractivity contribution in [3.8, 4) is 0 Å². The van der Waals surface area contributed by atoms with Gasteiger partial charge in [0.25, 0.3) is 0 Å². The first-order valence-corrected chi connectivity index (χ1v) is 6.43. The van der Waals surface area contributed by atoms with Gasteiger partial charge in [0.15, 0.2) is 0 Å². The van der Waals surface area contributed by atoms with Crippen molar-refractivity contribution in [2.45, 2.75) is 19.9 Å². The summed E-state index contributed by atoms with van der Waals surface area (Å²) in [5.41, 5.74) is 9.61. The van der Waals surface area contributed by atoms with Crippen molar-refractivity contribution in [3.63, 3.8) is 0 Å². The molecule has 0 saturated carbocycles. The van der Waals surface area contributed by atoms with Crippen molar-refractivity contribution >= 4 is 17.3 Å². The topological polar surface area (TPSA) is 75.3 Å². The lowest BCUT2D eigenvalue weighted by molar-refractivity contribution is 0.0697. The predicted molar refractivity (Wildman–Crippen MR) is 81.0 cm³/mol. The van der Waals surface area contributed by atoms with Crippen LogP contribution in [0.25, 0.3) is 0 Å². The summed E-state index contributed by atoms with van der Waals surface area (Å²) in [6.45, 7) is 4.08. The van der Waals surface area contributed by atoms with Crippen LogP contribution in [0.4, 0.5) is 11.4 Å². The van der Waals surface area contributed by atoms with E-state index in [-0.39, 0.29) is 11.6 Å². The Hall–Kier alpha value is -2.49. The van der Waals surface area contributed by atoms with Gasteiger partial charge in [-0.05, 0) is 37.6 Å². The Morgan fingerprint density at radius 1 is 1.20 bits per heavy atom. The van der Waals surface area contributed by atoms with Gasteiger partial charge in [0, 0.05) is 6.04 Å². The number of aromatic carboxylic acids is 1. The van der Waals surface area contributed by atoms with Gasteiger partial charge in [-0.2, -0.15) is 0 Å². The molecule has 0 bridgehead atoms. The summed E-state index contributed by atoms with van der Waals surface area (Å²) in [4.78, 5) is 10.9. The molecule has 0 saturated heterocycles. The van der Waals surface area contributed by atoms with Gasteiger partial charge in [0.05, 0.1) is 16.9 Å². The zero-order valence-corrected chi connectivity index (χ0v) is 11.6. The molecule has 4 N–H and O–H groups in total. The van der Waals surface area contributed by atoms with E-state index in [4.69, 9.17) is 10.8 Å². The van der Waals surface area contributed by atoms with Crippen LogP contribution in [0.3, 0.4) is 0 Å². The molecule has 0 aromatic heterocycles. The fourth-order valence-corrected chi connectivity index (χ4v) is 2.00. The molecule has 20 heavy (non-hydrogen) atoms. The summed E-state index contributed by atoms with van der Waals surface area (Å²) in [6.07, 6.45) is 0. The summed E-state index contributed by atoms with van der Waals surface area (Å²) < 4.78 is 0. The van der Waals surface area contributed by atoms with E-state index in [1.54, 1.807) is 12.1 Å². The van der Waals surface area contributed by atoms with Gasteiger partial charge in [-0.15, -0.1) is 0 Å². The molecule has 1 atom stereocenters. The summed E-state index contributed by atoms with van der Waals surface area (Å²) in [5, 5.41) is 12.2. The minimum Gasteiger partial charge on any atom is -0.478 e. The van der Waals surface area contributed by atoms with Gasteiger partial charge < -0.3 is 16.2 Å². The molecular weight excluding hydrogens is 252 g/mol. The molecule has 0 aliphatic heterocycles. The molecule has 0 aliphatic carbocycles. The van der Waals surface area contributed by atoms with Crippen molar-refractivity contribution in [3.05, 3.63) is 59.2 Å². The summed E-state index contributed by atoms with van der Waals surface area (Å²) >= 11 is 0. The Balaban J connectivity index is 2.17. The third kappa shape index (κ3) is 3.09. The number of carboxylic acid groups (broad SMARTS) is 1. The molecular formula is C16H18N2O2. The second-order valence-corrected chi connectivity index (χ2v) is 4.88. The molecule has 2 aromatic carbocycles. The van der Waals surface area contributed by atoms with Gasteiger partial charge in [-0.25, -0.2) is 4.79 Å². The maximum atomic E-state index is 10.9. The molecule has 4 heteroatoms. The van der Waals surface area contributed by atoms with E-state index in [0.717, 1.165) is 11.3 Å². The molecule has 0 spiro atoms. The van der Waals surface area contributed by atoms with E-state index >= 15 is 0 Å². The number of carboxylic acids is 1. The fraction of sp³-hybridized carbons (Fsp3) is 0.188. The number of aryl methyl sites for hydroxylation is 1. The largest absolute Gasteiger partial charge is 0.478 e. The molecule has 2 rings (SSSR count). The standard InChI is InChI=1S/C16H18N2O2/c1-10-3-5-12(6-4-10)11(2)18-15-8-7-13(16(19)20)9-14(15)17/h3-9,11,18H,17H2,1-2H3,(H,19,20). The van der Waals surface area contributed by atoms with Crippen LogP contribution in [0.1, 0.15) is 34.5 Å². The van der Waals surface area contributed by atoms with Gasteiger partial charge in [-0.3, -0.25) is 0 Å². The maximum absolute atomic E-state index is 10.9. The van der Waals surface area contributed by atoms with Gasteiger partial charge in [-0.1, -0.05) is 29.8 Å². The van der Waals surface area contributed by atoms with Gasteiger partial charge in [0.2, 0.25) is 0 Å². The van der Waals surface area contributed by atoms with E-state index in [1.807, 2.05) is 13.8 Å². The first-order chi connectivity index (χ1) is 9.47. The Morgan fingerprint density at radius 3 is 2.40 bits per heavy atom. The quantitative estimate of drug-likeness (QED) is 0.744. The number of hydrogen-bond donors (Lipinski definition) is 3. The minimum absolute atomic E-state index is 0.0913. The molecule has 0 fully saturated rings. The number of hydrogen-bond acceptors (Lipinski definition) is 3. The number of rotatable bonds is 4. The summed E-state index contributed by atoms with van der Waals surface area (Å²) in [5.74, 6) is -0.977. The minimum atomic E-state index is -0.977. The smallest absolute Gasteiger partial charge is 0.335 e. The molecule has 2 aromatic rings. The number of nitrogens with two attached hydrogens (primary N) is 1. The van der Waals surface area contributed by atoms with Crippen LogP contribution in [0.15, 0.2) is 42.5 Å². The lowest BCUT2D eigenvalue weighted by atomic mass is 10.1. The third-order valence-electron chi connectivity index (χ3n) is 3.25. The average Bonchev–Trinajstić information content (AvgIpc) is 2.41. The number of nitrogen functional groups attached to an aromatic ring is 1. The molecule has 0 amide bonds. The van der Waals surface area contributed by atoms with Crippen LogP contribution in [-0.2, 0) is 0 Å². The van der Waals surface area contributed by atoms with E-state index < -0.39 is 5.97 Å². The van der Waals surface area contributed by atoms with Crippen LogP contribution in [0.5, 0.6) is 0 Å². The lowest BCUT2D eigenvalue weighted by Gasteiger charge is -2.17. The maximum Gasteiger partial charge on any atom is 0.335 e. The second-order valence-electron chi connectivity index (χ2n) is 4.88. The van der Waals surface area contributed by atoms with Gasteiger partial charge >= 0.3 is 5.97 Å². The van der Waals surface area contributed by atoms with E-state index in [2.05, 4.69) is 29.6 Å². The van der Waals surface area contributed by atoms with E-state index in [9.17, 15) is 4.79 Å². The first-order valence-electron chi connectivity index (χ1n) is 6.43. The molecule has 1 unspecified atom stereocenters. The van der Waals surface area contributed by atoms with Crippen LogP contribution in [0, 0.1) is 6.92 Å². The Labute approximate surface area is 118 Å². The van der Waals surface area contributed by atoms with Crippen LogP contribution in [0.2, 0.25) is 0 Å². The third-order valence-corrected chi connectivity index (χ3v) is 3.25. The van der Waals surface area contributed by atoms with Crippen molar-refractivity contribution in [1.29, 1.82) is 0 Å². The zero-order chi connectivity index (χ0) is 14.7. The molecule has 104 valence electrons. The molecule has 0 heterocycles. The normalized spacial score (nSPS) is 11.9. The number of carbonyl (C=O) groups is 1. The number of anilines is 2. The highest BCUT2D eigenvalue weighted by Gasteiger charge is 2.09. The SMILES string of the molecule is Cc1ccc(C(C)Nc2ccc(C(=O)O)cc2N)cc1. The fourth-order valence-electron chi connectivity index (χ4n) is 2.00. The molecule has 0 aliphatic rings. The number of nitrogens with one attached hydrogen (secondary N) is 1. The van der Waals surface area contributed by atoms with Crippen molar-refractivity contribution in [1.82, 2.24) is 0 Å². The molecule has 4 nitrogen and oxygen atoms in total. The van der Waals surface area contributed by atoms with Crippen molar-refractivity contribution < 1.29 is 9.90 Å². The Morgan fingerprint density at radius 2 is 1.85 bits per heavy atom. The lowest BCUT2D eigenvalue weighted by Crippen LogP contribution is -2.09. The van der Waals surface area contributed by atoms with E-state index in [1.165, 1.54) is 11.6 Å². The summed E-state index contributed by atoms with van der Waals surface area (Å²) in [6, 6.07) is 13.0.